The van der Waals surface area contributed by atoms with Gasteiger partial charge in [-0.15, -0.1) is 0 Å². The third-order valence-electron chi connectivity index (χ3n) is 3.72. The van der Waals surface area contributed by atoms with Crippen LogP contribution in [0, 0.1) is 0 Å². The molecule has 0 saturated heterocycles. The number of rotatable bonds is 1. The second kappa shape index (κ2) is 5.83. The molecule has 2 nitrogen and oxygen atoms in total. The van der Waals surface area contributed by atoms with Crippen molar-refractivity contribution in [2.75, 3.05) is 7.11 Å². The first-order valence-electron chi connectivity index (χ1n) is 6.73. The number of benzene rings is 3. The number of ether oxygens (including phenoxy) is 1. The molecule has 0 aliphatic heterocycles. The molecule has 24 heavy (non-hydrogen) atoms. The fourth-order valence-electron chi connectivity index (χ4n) is 2.63. The predicted molar refractivity (Wildman–Crippen MR) is 87.8 cm³/mol. The first kappa shape index (κ1) is 16.9. The molecule has 0 N–H and O–H groups in total. The van der Waals surface area contributed by atoms with Gasteiger partial charge in [-0.05, 0) is 46.5 Å². The number of fused-ring (bicyclic) bond motifs is 3. The summed E-state index contributed by atoms with van der Waals surface area (Å²) in [5, 5.41) is 1.95. The van der Waals surface area contributed by atoms with Crippen molar-refractivity contribution in [2.45, 2.75) is 6.18 Å². The van der Waals surface area contributed by atoms with Crippen LogP contribution in [0.15, 0.2) is 36.4 Å². The summed E-state index contributed by atoms with van der Waals surface area (Å²) in [7, 11) is 1.20. The second-order valence-electron chi connectivity index (χ2n) is 5.16. The zero-order chi connectivity index (χ0) is 17.6. The van der Waals surface area contributed by atoms with Crippen molar-refractivity contribution in [2.24, 2.45) is 0 Å². The second-order valence-corrected chi connectivity index (χ2v) is 6.00. The normalized spacial score (nSPS) is 11.9. The van der Waals surface area contributed by atoms with Gasteiger partial charge >= 0.3 is 12.1 Å². The first-order chi connectivity index (χ1) is 11.2. The Hall–Kier alpha value is -1.98. The van der Waals surface area contributed by atoms with Gasteiger partial charge < -0.3 is 4.74 Å². The van der Waals surface area contributed by atoms with Crippen LogP contribution in [-0.4, -0.2) is 13.1 Å². The molecule has 3 rings (SSSR count). The number of hydrogen-bond acceptors (Lipinski definition) is 2. The van der Waals surface area contributed by atoms with E-state index in [1.54, 1.807) is 0 Å². The van der Waals surface area contributed by atoms with E-state index in [1.165, 1.54) is 31.4 Å². The van der Waals surface area contributed by atoms with Gasteiger partial charge in [0.1, 0.15) is 0 Å². The smallest absolute Gasteiger partial charge is 0.416 e. The standard InChI is InChI=1S/C17H9Cl2F3O2/c1-24-16(23)14-7-13-12(5-9(18)6-15(13)19)11-4-8(17(20,21)22)2-3-10(11)14/h2-7H,1H3. The fourth-order valence-corrected chi connectivity index (χ4v) is 3.18. The van der Waals surface area contributed by atoms with Crippen molar-refractivity contribution in [3.63, 3.8) is 0 Å². The molecule has 0 aliphatic rings. The molecule has 0 atom stereocenters. The Morgan fingerprint density at radius 2 is 1.62 bits per heavy atom. The molecule has 0 amide bonds. The summed E-state index contributed by atoms with van der Waals surface area (Å²) in [5.41, 5.74) is -0.688. The average Bonchev–Trinajstić information content (AvgIpc) is 2.52. The van der Waals surface area contributed by atoms with E-state index in [1.807, 2.05) is 0 Å². The van der Waals surface area contributed by atoms with Gasteiger partial charge in [0.25, 0.3) is 0 Å². The van der Waals surface area contributed by atoms with E-state index in [-0.39, 0.29) is 21.0 Å². The predicted octanol–water partition coefficient (Wildman–Crippen LogP) is 6.11. The molecule has 0 spiro atoms. The Morgan fingerprint density at radius 1 is 0.958 bits per heavy atom. The Balaban J connectivity index is 2.52. The van der Waals surface area contributed by atoms with Gasteiger partial charge in [-0.25, -0.2) is 4.79 Å². The van der Waals surface area contributed by atoms with Gasteiger partial charge in [-0.1, -0.05) is 29.3 Å². The maximum Gasteiger partial charge on any atom is 0.416 e. The van der Waals surface area contributed by atoms with E-state index in [4.69, 9.17) is 27.9 Å². The van der Waals surface area contributed by atoms with Crippen molar-refractivity contribution < 1.29 is 22.7 Å². The zero-order valence-corrected chi connectivity index (χ0v) is 13.7. The topological polar surface area (TPSA) is 26.3 Å². The third kappa shape index (κ3) is 2.78. The summed E-state index contributed by atoms with van der Waals surface area (Å²) in [4.78, 5) is 12.0. The van der Waals surface area contributed by atoms with Gasteiger partial charge in [0.05, 0.1) is 18.2 Å². The van der Waals surface area contributed by atoms with Gasteiger partial charge in [-0.3, -0.25) is 0 Å². The molecule has 0 unspecified atom stereocenters. The van der Waals surface area contributed by atoms with Crippen LogP contribution < -0.4 is 0 Å². The Morgan fingerprint density at radius 3 is 2.25 bits per heavy atom. The quantitative estimate of drug-likeness (QED) is 0.380. The van der Waals surface area contributed by atoms with Gasteiger partial charge in [0, 0.05) is 15.4 Å². The van der Waals surface area contributed by atoms with Crippen LogP contribution >= 0.6 is 23.2 Å². The maximum atomic E-state index is 13.1. The number of hydrogen-bond donors (Lipinski definition) is 0. The van der Waals surface area contributed by atoms with Crippen LogP contribution in [0.4, 0.5) is 13.2 Å². The molecule has 124 valence electrons. The van der Waals surface area contributed by atoms with Gasteiger partial charge in [0.2, 0.25) is 0 Å². The van der Waals surface area contributed by atoms with Crippen LogP contribution in [0.25, 0.3) is 21.5 Å². The number of halogens is 5. The summed E-state index contributed by atoms with van der Waals surface area (Å²) < 4.78 is 43.9. The van der Waals surface area contributed by atoms with E-state index in [0.717, 1.165) is 12.1 Å². The highest BCUT2D eigenvalue weighted by molar-refractivity contribution is 6.40. The van der Waals surface area contributed by atoms with Crippen LogP contribution in [0.2, 0.25) is 10.0 Å². The molecule has 0 fully saturated rings. The lowest BCUT2D eigenvalue weighted by Gasteiger charge is -2.13. The lowest BCUT2D eigenvalue weighted by molar-refractivity contribution is -0.137. The number of carbonyl (C=O) groups excluding carboxylic acids is 1. The molecule has 0 saturated carbocycles. The molecule has 0 heterocycles. The van der Waals surface area contributed by atoms with Crippen LogP contribution in [0.1, 0.15) is 15.9 Å². The van der Waals surface area contributed by atoms with E-state index in [9.17, 15) is 18.0 Å². The van der Waals surface area contributed by atoms with E-state index < -0.39 is 17.7 Å². The summed E-state index contributed by atoms with van der Waals surface area (Å²) in [6.07, 6.45) is -4.51. The number of alkyl halides is 3. The third-order valence-corrected chi connectivity index (χ3v) is 4.25. The zero-order valence-electron chi connectivity index (χ0n) is 12.2. The van der Waals surface area contributed by atoms with Crippen molar-refractivity contribution in [3.05, 3.63) is 57.6 Å². The summed E-state index contributed by atoms with van der Waals surface area (Å²) in [6.45, 7) is 0. The van der Waals surface area contributed by atoms with Crippen LogP contribution in [0.3, 0.4) is 0 Å². The first-order valence-corrected chi connectivity index (χ1v) is 7.49. The van der Waals surface area contributed by atoms with Crippen LogP contribution in [-0.2, 0) is 10.9 Å². The highest BCUT2D eigenvalue weighted by Crippen LogP contribution is 2.38. The number of methoxy groups -OCH3 is 1. The largest absolute Gasteiger partial charge is 0.465 e. The average molecular weight is 373 g/mol. The van der Waals surface area contributed by atoms with Crippen LogP contribution in [0.5, 0.6) is 0 Å². The molecule has 3 aromatic carbocycles. The minimum atomic E-state index is -4.51. The lowest BCUT2D eigenvalue weighted by atomic mass is 9.95. The summed E-state index contributed by atoms with van der Waals surface area (Å²) in [5.74, 6) is -0.660. The number of carbonyl (C=O) groups is 1. The van der Waals surface area contributed by atoms with E-state index in [0.29, 0.717) is 16.2 Å². The monoisotopic (exact) mass is 372 g/mol. The number of esters is 1. The molecule has 3 aromatic rings. The molecular formula is C17H9Cl2F3O2. The SMILES string of the molecule is COC(=O)c1cc2c(Cl)cc(Cl)cc2c2cc(C(F)(F)F)ccc12. The Labute approximate surface area is 144 Å². The molecule has 0 aromatic heterocycles. The Bertz CT molecular complexity index is 981. The van der Waals surface area contributed by atoms with E-state index >= 15 is 0 Å². The molecule has 0 bridgehead atoms. The van der Waals surface area contributed by atoms with Crippen molar-refractivity contribution in [1.29, 1.82) is 0 Å². The fraction of sp³-hybridized carbons (Fsp3) is 0.118. The van der Waals surface area contributed by atoms with Gasteiger partial charge in [-0.2, -0.15) is 13.2 Å². The maximum absolute atomic E-state index is 13.1. The lowest BCUT2D eigenvalue weighted by Crippen LogP contribution is -2.06. The Kier molecular flexibility index (Phi) is 4.10. The van der Waals surface area contributed by atoms with Crippen molar-refractivity contribution >= 4 is 50.7 Å². The highest BCUT2D eigenvalue weighted by atomic mass is 35.5. The summed E-state index contributed by atoms with van der Waals surface area (Å²) >= 11 is 12.1. The van der Waals surface area contributed by atoms with Gasteiger partial charge in [0.15, 0.2) is 0 Å². The minimum Gasteiger partial charge on any atom is -0.465 e. The highest BCUT2D eigenvalue weighted by Gasteiger charge is 2.31. The summed E-state index contributed by atoms with van der Waals surface area (Å²) in [6, 6.07) is 7.63. The molecule has 7 heteroatoms. The molecule has 0 aliphatic carbocycles. The minimum absolute atomic E-state index is 0.137. The van der Waals surface area contributed by atoms with Crippen molar-refractivity contribution in [1.82, 2.24) is 0 Å². The van der Waals surface area contributed by atoms with E-state index in [2.05, 4.69) is 0 Å². The molecular weight excluding hydrogens is 364 g/mol. The van der Waals surface area contributed by atoms with Crippen molar-refractivity contribution in [3.8, 4) is 0 Å². The molecule has 0 radical (unpaired) electrons.